The van der Waals surface area contributed by atoms with Gasteiger partial charge in [0.15, 0.2) is 5.76 Å². The minimum Gasteiger partial charge on any atom is -0.497 e. The van der Waals surface area contributed by atoms with Crippen LogP contribution in [-0.4, -0.2) is 13.0 Å². The van der Waals surface area contributed by atoms with Crippen molar-refractivity contribution in [2.75, 3.05) is 7.11 Å². The minimum atomic E-state index is -0.200. The highest BCUT2D eigenvalue weighted by atomic mass is 32.1. The SMILES string of the molecule is COc1ccc2oc(C(=O)NC(C)c3cccs3)c(C)c2c1. The predicted octanol–water partition coefficient (Wildman–Crippen LogP) is 4.30. The van der Waals surface area contributed by atoms with Crippen molar-refractivity contribution in [3.8, 4) is 5.75 Å². The molecular formula is C17H17NO3S. The second-order valence-electron chi connectivity index (χ2n) is 5.13. The topological polar surface area (TPSA) is 51.5 Å². The molecule has 0 fully saturated rings. The standard InChI is InChI=1S/C17H17NO3S/c1-10-13-9-12(20-3)6-7-14(13)21-16(10)17(19)18-11(2)15-5-4-8-22-15/h4-9,11H,1-3H3,(H,18,19). The van der Waals surface area contributed by atoms with Crippen LogP contribution < -0.4 is 10.1 Å². The third-order valence-corrected chi connectivity index (χ3v) is 4.72. The van der Waals surface area contributed by atoms with Crippen LogP contribution >= 0.6 is 11.3 Å². The molecule has 1 amide bonds. The Hall–Kier alpha value is -2.27. The number of rotatable bonds is 4. The number of hydrogen-bond donors (Lipinski definition) is 1. The van der Waals surface area contributed by atoms with Crippen molar-refractivity contribution >= 4 is 28.2 Å². The fourth-order valence-electron chi connectivity index (χ4n) is 2.41. The Kier molecular flexibility index (Phi) is 3.90. The summed E-state index contributed by atoms with van der Waals surface area (Å²) in [6.07, 6.45) is 0. The van der Waals surface area contributed by atoms with Gasteiger partial charge in [-0.15, -0.1) is 11.3 Å². The summed E-state index contributed by atoms with van der Waals surface area (Å²) >= 11 is 1.62. The van der Waals surface area contributed by atoms with Gasteiger partial charge in [0.05, 0.1) is 13.2 Å². The number of hydrogen-bond acceptors (Lipinski definition) is 4. The molecule has 4 nitrogen and oxygen atoms in total. The van der Waals surface area contributed by atoms with Crippen LogP contribution in [0.1, 0.15) is 34.0 Å². The normalized spacial score (nSPS) is 12.3. The molecule has 114 valence electrons. The van der Waals surface area contributed by atoms with Crippen LogP contribution in [0.15, 0.2) is 40.1 Å². The number of benzene rings is 1. The number of ether oxygens (including phenoxy) is 1. The molecule has 22 heavy (non-hydrogen) atoms. The second kappa shape index (κ2) is 5.85. The summed E-state index contributed by atoms with van der Waals surface area (Å²) in [6.45, 7) is 3.85. The molecule has 1 atom stereocenters. The van der Waals surface area contributed by atoms with Crippen LogP contribution in [0.2, 0.25) is 0 Å². The van der Waals surface area contributed by atoms with E-state index in [9.17, 15) is 4.79 Å². The number of carbonyl (C=O) groups excluding carboxylic acids is 1. The fourth-order valence-corrected chi connectivity index (χ4v) is 3.15. The monoisotopic (exact) mass is 315 g/mol. The number of furan rings is 1. The molecule has 0 saturated heterocycles. The largest absolute Gasteiger partial charge is 0.497 e. The molecule has 5 heteroatoms. The van der Waals surface area contributed by atoms with E-state index >= 15 is 0 Å². The summed E-state index contributed by atoms with van der Waals surface area (Å²) in [7, 11) is 1.62. The molecule has 0 aliphatic heterocycles. The van der Waals surface area contributed by atoms with Crippen LogP contribution in [0.5, 0.6) is 5.75 Å². The molecule has 3 aromatic rings. The molecule has 1 aromatic carbocycles. The molecule has 2 heterocycles. The van der Waals surface area contributed by atoms with E-state index in [1.807, 2.05) is 49.6 Å². The molecule has 0 bridgehead atoms. The highest BCUT2D eigenvalue weighted by molar-refractivity contribution is 7.10. The molecule has 0 aliphatic carbocycles. The van der Waals surface area contributed by atoms with Gasteiger partial charge >= 0.3 is 0 Å². The minimum absolute atomic E-state index is 0.0466. The van der Waals surface area contributed by atoms with Gasteiger partial charge in [-0.25, -0.2) is 0 Å². The zero-order valence-corrected chi connectivity index (χ0v) is 13.5. The van der Waals surface area contributed by atoms with Gasteiger partial charge < -0.3 is 14.5 Å². The van der Waals surface area contributed by atoms with Crippen LogP contribution in [0, 0.1) is 6.92 Å². The smallest absolute Gasteiger partial charge is 0.287 e. The zero-order chi connectivity index (χ0) is 15.7. The summed E-state index contributed by atoms with van der Waals surface area (Å²) in [5.41, 5.74) is 1.51. The van der Waals surface area contributed by atoms with Gasteiger partial charge in [-0.2, -0.15) is 0 Å². The van der Waals surface area contributed by atoms with Gasteiger partial charge in [0.25, 0.3) is 5.91 Å². The van der Waals surface area contributed by atoms with E-state index in [2.05, 4.69) is 5.32 Å². The van der Waals surface area contributed by atoms with E-state index in [0.717, 1.165) is 21.6 Å². The third kappa shape index (κ3) is 2.60. The summed E-state index contributed by atoms with van der Waals surface area (Å²) in [5.74, 6) is 0.899. The molecular weight excluding hydrogens is 298 g/mol. The fraction of sp³-hybridized carbons (Fsp3) is 0.235. The van der Waals surface area contributed by atoms with E-state index in [0.29, 0.717) is 11.3 Å². The van der Waals surface area contributed by atoms with Crippen molar-refractivity contribution < 1.29 is 13.9 Å². The average molecular weight is 315 g/mol. The van der Waals surface area contributed by atoms with Crippen LogP contribution in [0.25, 0.3) is 11.0 Å². The second-order valence-corrected chi connectivity index (χ2v) is 6.11. The molecule has 1 N–H and O–H groups in total. The number of carbonyl (C=O) groups is 1. The van der Waals surface area contributed by atoms with E-state index in [1.54, 1.807) is 18.4 Å². The Morgan fingerprint density at radius 2 is 2.18 bits per heavy atom. The Morgan fingerprint density at radius 1 is 1.36 bits per heavy atom. The Labute approximate surface area is 132 Å². The van der Waals surface area contributed by atoms with Gasteiger partial charge in [-0.05, 0) is 43.5 Å². The van der Waals surface area contributed by atoms with Crippen LogP contribution in [-0.2, 0) is 0 Å². The summed E-state index contributed by atoms with van der Waals surface area (Å²) in [6, 6.07) is 9.46. The van der Waals surface area contributed by atoms with E-state index < -0.39 is 0 Å². The average Bonchev–Trinajstić information content (AvgIpc) is 3.15. The Morgan fingerprint density at radius 3 is 2.86 bits per heavy atom. The molecule has 2 aromatic heterocycles. The summed E-state index contributed by atoms with van der Waals surface area (Å²) < 4.78 is 10.9. The first-order valence-electron chi connectivity index (χ1n) is 7.01. The molecule has 0 spiro atoms. The quantitative estimate of drug-likeness (QED) is 0.781. The highest BCUT2D eigenvalue weighted by Crippen LogP contribution is 2.29. The number of methoxy groups -OCH3 is 1. The first kappa shape index (κ1) is 14.7. The molecule has 0 radical (unpaired) electrons. The maximum atomic E-state index is 12.5. The summed E-state index contributed by atoms with van der Waals surface area (Å²) in [5, 5.41) is 5.87. The van der Waals surface area contributed by atoms with Crippen molar-refractivity contribution in [2.24, 2.45) is 0 Å². The van der Waals surface area contributed by atoms with Gasteiger partial charge in [0.1, 0.15) is 11.3 Å². The van der Waals surface area contributed by atoms with Gasteiger partial charge in [-0.1, -0.05) is 6.07 Å². The lowest BCUT2D eigenvalue weighted by atomic mass is 10.1. The number of fused-ring (bicyclic) bond motifs is 1. The molecule has 1 unspecified atom stereocenters. The number of amides is 1. The summed E-state index contributed by atoms with van der Waals surface area (Å²) in [4.78, 5) is 13.6. The van der Waals surface area contributed by atoms with Crippen molar-refractivity contribution in [3.05, 3.63) is 51.9 Å². The lowest BCUT2D eigenvalue weighted by molar-refractivity contribution is 0.0914. The van der Waals surface area contributed by atoms with Crippen molar-refractivity contribution in [2.45, 2.75) is 19.9 Å². The number of aryl methyl sites for hydroxylation is 1. The van der Waals surface area contributed by atoms with E-state index in [4.69, 9.17) is 9.15 Å². The van der Waals surface area contributed by atoms with Gasteiger partial charge in [0, 0.05) is 15.8 Å². The van der Waals surface area contributed by atoms with Crippen molar-refractivity contribution in [3.63, 3.8) is 0 Å². The lowest BCUT2D eigenvalue weighted by Gasteiger charge is -2.11. The zero-order valence-electron chi connectivity index (χ0n) is 12.7. The Bertz CT molecular complexity index is 805. The van der Waals surface area contributed by atoms with Crippen LogP contribution in [0.3, 0.4) is 0 Å². The first-order chi connectivity index (χ1) is 10.6. The number of thiophene rings is 1. The van der Waals surface area contributed by atoms with E-state index in [-0.39, 0.29) is 11.9 Å². The van der Waals surface area contributed by atoms with Gasteiger partial charge in [0.2, 0.25) is 0 Å². The molecule has 0 aliphatic rings. The Balaban J connectivity index is 1.89. The third-order valence-electron chi connectivity index (χ3n) is 3.67. The van der Waals surface area contributed by atoms with E-state index in [1.165, 1.54) is 0 Å². The number of nitrogens with one attached hydrogen (secondary N) is 1. The van der Waals surface area contributed by atoms with Crippen molar-refractivity contribution in [1.29, 1.82) is 0 Å². The molecule has 3 rings (SSSR count). The van der Waals surface area contributed by atoms with Crippen molar-refractivity contribution in [1.82, 2.24) is 5.32 Å². The maximum absolute atomic E-state index is 12.5. The molecule has 0 saturated carbocycles. The highest BCUT2D eigenvalue weighted by Gasteiger charge is 2.20. The first-order valence-corrected chi connectivity index (χ1v) is 7.89. The maximum Gasteiger partial charge on any atom is 0.287 e. The van der Waals surface area contributed by atoms with Crippen LogP contribution in [0.4, 0.5) is 0 Å². The van der Waals surface area contributed by atoms with Gasteiger partial charge in [-0.3, -0.25) is 4.79 Å². The predicted molar refractivity (Wildman–Crippen MR) is 87.7 cm³/mol. The lowest BCUT2D eigenvalue weighted by Crippen LogP contribution is -2.26.